The highest BCUT2D eigenvalue weighted by molar-refractivity contribution is 6.76. The smallest absolute Gasteiger partial charge is 0.508 e. The van der Waals surface area contributed by atoms with Crippen LogP contribution in [-0.4, -0.2) is 35.2 Å². The average molecular weight is 214 g/mol. The molecule has 0 saturated carbocycles. The topological polar surface area (TPSA) is 47.9 Å². The summed E-state index contributed by atoms with van der Waals surface area (Å²) < 4.78 is 15.7. The molecule has 0 heterocycles. The molecule has 0 aromatic heterocycles. The van der Waals surface area contributed by atoms with Crippen LogP contribution in [0.1, 0.15) is 0 Å². The van der Waals surface area contributed by atoms with Gasteiger partial charge in [0.05, 0.1) is 5.19 Å². The Bertz CT molecular complexity index is 290. The summed E-state index contributed by atoms with van der Waals surface area (Å²) in [5.74, 6) is 0.129. The van der Waals surface area contributed by atoms with E-state index in [-0.39, 0.29) is 5.75 Å². The Hall–Kier alpha value is -0.883. The van der Waals surface area contributed by atoms with Crippen molar-refractivity contribution in [3.63, 3.8) is 0 Å². The molecule has 1 aromatic rings. The number of rotatable bonds is 4. The van der Waals surface area contributed by atoms with Gasteiger partial charge >= 0.3 is 8.80 Å². The maximum Gasteiger partial charge on any atom is 0.540 e. The van der Waals surface area contributed by atoms with Crippen LogP contribution in [0, 0.1) is 0 Å². The Morgan fingerprint density at radius 3 is 1.93 bits per heavy atom. The summed E-state index contributed by atoms with van der Waals surface area (Å²) in [5, 5.41) is 10.2. The van der Waals surface area contributed by atoms with Crippen molar-refractivity contribution < 1.29 is 18.4 Å². The first-order chi connectivity index (χ1) is 6.70. The number of hydrogen-bond donors (Lipinski definition) is 1. The molecule has 1 aromatic carbocycles. The molecule has 0 fully saturated rings. The second-order valence-electron chi connectivity index (χ2n) is 2.69. The highest BCUT2D eigenvalue weighted by Gasteiger charge is 2.42. The predicted molar refractivity (Wildman–Crippen MR) is 54.5 cm³/mol. The van der Waals surface area contributed by atoms with Crippen LogP contribution in [0.5, 0.6) is 5.75 Å². The molecule has 0 atom stereocenters. The Balaban J connectivity index is 3.17. The van der Waals surface area contributed by atoms with Gasteiger partial charge in [-0.3, -0.25) is 0 Å². The van der Waals surface area contributed by atoms with E-state index in [1.165, 1.54) is 21.3 Å². The van der Waals surface area contributed by atoms with E-state index in [1.54, 1.807) is 24.3 Å². The van der Waals surface area contributed by atoms with Crippen molar-refractivity contribution in [1.82, 2.24) is 0 Å². The van der Waals surface area contributed by atoms with Gasteiger partial charge in [0.15, 0.2) is 0 Å². The Kier molecular flexibility index (Phi) is 3.65. The Morgan fingerprint density at radius 1 is 1.00 bits per heavy atom. The fourth-order valence-electron chi connectivity index (χ4n) is 1.31. The molecule has 0 spiro atoms. The van der Waals surface area contributed by atoms with Gasteiger partial charge in [-0.25, -0.2) is 0 Å². The molecular formula is C9H14O4Si. The minimum absolute atomic E-state index is 0.129. The quantitative estimate of drug-likeness (QED) is 0.740. The summed E-state index contributed by atoms with van der Waals surface area (Å²) in [5.41, 5.74) is 0. The van der Waals surface area contributed by atoms with Crippen molar-refractivity contribution in [1.29, 1.82) is 0 Å². The van der Waals surface area contributed by atoms with Crippen LogP contribution >= 0.6 is 0 Å². The molecule has 14 heavy (non-hydrogen) atoms. The molecule has 0 amide bonds. The highest BCUT2D eigenvalue weighted by Crippen LogP contribution is 2.14. The zero-order chi connectivity index (χ0) is 10.6. The van der Waals surface area contributed by atoms with Gasteiger partial charge in [-0.05, 0) is 6.07 Å². The summed E-state index contributed by atoms with van der Waals surface area (Å²) in [6.07, 6.45) is 0. The van der Waals surface area contributed by atoms with Gasteiger partial charge in [0.25, 0.3) is 0 Å². The van der Waals surface area contributed by atoms with E-state index in [4.69, 9.17) is 13.3 Å². The summed E-state index contributed by atoms with van der Waals surface area (Å²) in [6.45, 7) is 0. The first-order valence-electron chi connectivity index (χ1n) is 4.14. The van der Waals surface area contributed by atoms with Crippen molar-refractivity contribution in [2.45, 2.75) is 0 Å². The second-order valence-corrected chi connectivity index (χ2v) is 5.56. The summed E-state index contributed by atoms with van der Waals surface area (Å²) in [7, 11) is 1.63. The molecule has 0 aliphatic heterocycles. The number of benzene rings is 1. The normalized spacial score (nSPS) is 11.6. The maximum absolute atomic E-state index is 9.63. The van der Waals surface area contributed by atoms with Gasteiger partial charge in [0.2, 0.25) is 0 Å². The van der Waals surface area contributed by atoms with Crippen molar-refractivity contribution in [2.75, 3.05) is 21.3 Å². The van der Waals surface area contributed by atoms with Crippen LogP contribution in [0.3, 0.4) is 0 Å². The standard InChI is InChI=1S/C9H14O4Si/c1-11-14(12-2,13-3)9-7-5-4-6-8(9)10/h4-7,10H,1-3H3. The first-order valence-corrected chi connectivity index (χ1v) is 5.86. The number of aromatic hydroxyl groups is 1. The van der Waals surface area contributed by atoms with E-state index < -0.39 is 8.80 Å². The van der Waals surface area contributed by atoms with E-state index in [0.29, 0.717) is 5.19 Å². The van der Waals surface area contributed by atoms with Crippen LogP contribution in [0.15, 0.2) is 24.3 Å². The van der Waals surface area contributed by atoms with E-state index >= 15 is 0 Å². The van der Waals surface area contributed by atoms with Crippen LogP contribution in [0.2, 0.25) is 0 Å². The van der Waals surface area contributed by atoms with Gasteiger partial charge in [-0.15, -0.1) is 0 Å². The van der Waals surface area contributed by atoms with Crippen molar-refractivity contribution in [3.8, 4) is 5.75 Å². The molecule has 0 aliphatic carbocycles. The fourth-order valence-corrected chi connectivity index (χ4v) is 3.17. The van der Waals surface area contributed by atoms with E-state index in [0.717, 1.165) is 0 Å². The lowest BCUT2D eigenvalue weighted by atomic mass is 10.3. The van der Waals surface area contributed by atoms with Gasteiger partial charge in [0, 0.05) is 21.3 Å². The van der Waals surface area contributed by atoms with Gasteiger partial charge in [-0.1, -0.05) is 18.2 Å². The third-order valence-corrected chi connectivity index (χ3v) is 4.74. The summed E-state index contributed by atoms with van der Waals surface area (Å²) >= 11 is 0. The molecule has 5 heteroatoms. The lowest BCUT2D eigenvalue weighted by Crippen LogP contribution is -2.54. The molecule has 0 aliphatic rings. The number of hydrogen-bond acceptors (Lipinski definition) is 4. The molecule has 0 saturated heterocycles. The van der Waals surface area contributed by atoms with Gasteiger partial charge in [-0.2, -0.15) is 0 Å². The lowest BCUT2D eigenvalue weighted by Gasteiger charge is -2.24. The average Bonchev–Trinajstić information content (AvgIpc) is 2.24. The van der Waals surface area contributed by atoms with E-state index in [9.17, 15) is 5.11 Å². The first kappa shape index (κ1) is 11.2. The fraction of sp³-hybridized carbons (Fsp3) is 0.333. The lowest BCUT2D eigenvalue weighted by molar-refractivity contribution is 0.139. The van der Waals surface area contributed by atoms with Crippen LogP contribution in [-0.2, 0) is 13.3 Å². The predicted octanol–water partition coefficient (Wildman–Crippen LogP) is 0.477. The second kappa shape index (κ2) is 4.56. The zero-order valence-corrected chi connectivity index (χ0v) is 9.48. The van der Waals surface area contributed by atoms with Crippen LogP contribution in [0.25, 0.3) is 0 Å². The minimum Gasteiger partial charge on any atom is -0.508 e. The SMILES string of the molecule is CO[Si](OC)(OC)c1ccccc1O. The zero-order valence-electron chi connectivity index (χ0n) is 8.48. The molecule has 1 N–H and O–H groups in total. The molecule has 0 unspecified atom stereocenters. The molecule has 0 bridgehead atoms. The summed E-state index contributed by atoms with van der Waals surface area (Å²) in [4.78, 5) is 0. The Labute approximate surface area is 84.4 Å². The van der Waals surface area contributed by atoms with E-state index in [2.05, 4.69) is 0 Å². The largest absolute Gasteiger partial charge is 0.540 e. The number of phenols is 1. The monoisotopic (exact) mass is 214 g/mol. The third kappa shape index (κ3) is 1.80. The molecule has 78 valence electrons. The Morgan fingerprint density at radius 2 is 1.50 bits per heavy atom. The third-order valence-electron chi connectivity index (χ3n) is 2.04. The number of phenolic OH excluding ortho intramolecular Hbond substituents is 1. The van der Waals surface area contributed by atoms with Crippen LogP contribution in [0.4, 0.5) is 0 Å². The minimum atomic E-state index is -2.89. The maximum atomic E-state index is 9.63. The molecule has 0 radical (unpaired) electrons. The van der Waals surface area contributed by atoms with Crippen molar-refractivity contribution in [2.24, 2.45) is 0 Å². The molecular weight excluding hydrogens is 200 g/mol. The van der Waals surface area contributed by atoms with E-state index in [1.807, 2.05) is 0 Å². The van der Waals surface area contributed by atoms with Gasteiger partial charge in [0.1, 0.15) is 5.75 Å². The summed E-state index contributed by atoms with van der Waals surface area (Å²) in [6, 6.07) is 6.85. The van der Waals surface area contributed by atoms with Gasteiger partial charge < -0.3 is 18.4 Å². The van der Waals surface area contributed by atoms with Crippen molar-refractivity contribution in [3.05, 3.63) is 24.3 Å². The van der Waals surface area contributed by atoms with Crippen LogP contribution < -0.4 is 5.19 Å². The highest BCUT2D eigenvalue weighted by atomic mass is 28.4. The molecule has 4 nitrogen and oxygen atoms in total. The van der Waals surface area contributed by atoms with Crippen molar-refractivity contribution >= 4 is 14.0 Å². The number of para-hydroxylation sites is 1. The molecule has 1 rings (SSSR count).